The van der Waals surface area contributed by atoms with Crippen LogP contribution in [0.3, 0.4) is 0 Å². The molecule has 1 aliphatic rings. The standard InChI is InChI=1S/C22H23F2NO3/c1-15(20(26)25-14-16-4-8-18(23)9-5-16)28-21(27)22(12-2-3-13-22)17-6-10-19(24)11-7-17/h4-11,15H,2-3,12-14H2,1H3,(H,25,26)/t15-/m0/s1. The monoisotopic (exact) mass is 387 g/mol. The van der Waals surface area contributed by atoms with Crippen molar-refractivity contribution in [1.82, 2.24) is 5.32 Å². The molecule has 0 spiro atoms. The topological polar surface area (TPSA) is 55.4 Å². The van der Waals surface area contributed by atoms with Crippen molar-refractivity contribution in [3.8, 4) is 0 Å². The van der Waals surface area contributed by atoms with Crippen LogP contribution in [0.1, 0.15) is 43.7 Å². The van der Waals surface area contributed by atoms with E-state index in [0.717, 1.165) is 24.0 Å². The smallest absolute Gasteiger partial charge is 0.317 e. The largest absolute Gasteiger partial charge is 0.452 e. The second-order valence-electron chi connectivity index (χ2n) is 7.19. The second kappa shape index (κ2) is 8.50. The van der Waals surface area contributed by atoms with E-state index in [2.05, 4.69) is 5.32 Å². The van der Waals surface area contributed by atoms with Gasteiger partial charge in [0.1, 0.15) is 11.6 Å². The van der Waals surface area contributed by atoms with E-state index in [1.165, 1.54) is 31.2 Å². The second-order valence-corrected chi connectivity index (χ2v) is 7.19. The van der Waals surface area contributed by atoms with Crippen LogP contribution in [-0.2, 0) is 26.3 Å². The van der Waals surface area contributed by atoms with Crippen LogP contribution in [0.5, 0.6) is 0 Å². The lowest BCUT2D eigenvalue weighted by Crippen LogP contribution is -2.41. The molecule has 2 aromatic rings. The molecular formula is C22H23F2NO3. The Balaban J connectivity index is 1.63. The lowest BCUT2D eigenvalue weighted by molar-refractivity contribution is -0.160. The van der Waals surface area contributed by atoms with Gasteiger partial charge >= 0.3 is 5.97 Å². The van der Waals surface area contributed by atoms with Gasteiger partial charge in [-0.25, -0.2) is 8.78 Å². The van der Waals surface area contributed by atoms with Crippen molar-refractivity contribution < 1.29 is 23.1 Å². The quantitative estimate of drug-likeness (QED) is 0.762. The van der Waals surface area contributed by atoms with Crippen molar-refractivity contribution in [2.75, 3.05) is 0 Å². The third kappa shape index (κ3) is 4.38. The van der Waals surface area contributed by atoms with Gasteiger partial charge in [-0.3, -0.25) is 9.59 Å². The SMILES string of the molecule is C[C@H](OC(=O)C1(c2ccc(F)cc2)CCCC1)C(=O)NCc1ccc(F)cc1. The van der Waals surface area contributed by atoms with Gasteiger partial charge in [0, 0.05) is 6.54 Å². The van der Waals surface area contributed by atoms with Gasteiger partial charge in [-0.05, 0) is 55.2 Å². The Morgan fingerprint density at radius 1 is 1.00 bits per heavy atom. The maximum Gasteiger partial charge on any atom is 0.317 e. The Morgan fingerprint density at radius 3 is 2.11 bits per heavy atom. The van der Waals surface area contributed by atoms with E-state index in [4.69, 9.17) is 4.74 Å². The Kier molecular flexibility index (Phi) is 6.07. The molecular weight excluding hydrogens is 364 g/mol. The lowest BCUT2D eigenvalue weighted by atomic mass is 9.79. The molecule has 148 valence electrons. The predicted molar refractivity (Wildman–Crippen MR) is 100 cm³/mol. The number of hydrogen-bond donors (Lipinski definition) is 1. The highest BCUT2D eigenvalue weighted by atomic mass is 19.1. The molecule has 3 rings (SSSR count). The molecule has 1 saturated carbocycles. The number of nitrogens with one attached hydrogen (secondary N) is 1. The van der Waals surface area contributed by atoms with Crippen molar-refractivity contribution in [2.45, 2.75) is 50.7 Å². The summed E-state index contributed by atoms with van der Waals surface area (Å²) < 4.78 is 31.7. The van der Waals surface area contributed by atoms with Crippen molar-refractivity contribution in [3.05, 3.63) is 71.3 Å². The highest BCUT2D eigenvalue weighted by molar-refractivity contribution is 5.88. The Hall–Kier alpha value is -2.76. The molecule has 2 aromatic carbocycles. The summed E-state index contributed by atoms with van der Waals surface area (Å²) >= 11 is 0. The molecule has 0 aliphatic heterocycles. The molecule has 0 radical (unpaired) electrons. The normalized spacial score (nSPS) is 16.4. The minimum absolute atomic E-state index is 0.212. The van der Waals surface area contributed by atoms with Gasteiger partial charge in [-0.15, -0.1) is 0 Å². The number of amides is 1. The van der Waals surface area contributed by atoms with Gasteiger partial charge in [-0.1, -0.05) is 37.1 Å². The number of halogens is 2. The zero-order valence-electron chi connectivity index (χ0n) is 15.7. The van der Waals surface area contributed by atoms with Gasteiger partial charge in [-0.2, -0.15) is 0 Å². The molecule has 1 amide bonds. The molecule has 4 nitrogen and oxygen atoms in total. The minimum atomic E-state index is -0.967. The van der Waals surface area contributed by atoms with E-state index in [-0.39, 0.29) is 18.2 Å². The van der Waals surface area contributed by atoms with E-state index < -0.39 is 23.4 Å². The van der Waals surface area contributed by atoms with Crippen LogP contribution in [-0.4, -0.2) is 18.0 Å². The fourth-order valence-corrected chi connectivity index (χ4v) is 3.62. The summed E-state index contributed by atoms with van der Waals surface area (Å²) in [5.41, 5.74) is 0.626. The molecule has 0 aromatic heterocycles. The average Bonchev–Trinajstić information content (AvgIpc) is 3.19. The Morgan fingerprint density at radius 2 is 1.54 bits per heavy atom. The fraction of sp³-hybridized carbons (Fsp3) is 0.364. The van der Waals surface area contributed by atoms with Gasteiger partial charge in [0.2, 0.25) is 0 Å². The van der Waals surface area contributed by atoms with Crippen molar-refractivity contribution in [2.24, 2.45) is 0 Å². The van der Waals surface area contributed by atoms with Crippen LogP contribution in [0.15, 0.2) is 48.5 Å². The van der Waals surface area contributed by atoms with E-state index in [1.54, 1.807) is 24.3 Å². The van der Waals surface area contributed by atoms with Crippen LogP contribution < -0.4 is 5.32 Å². The van der Waals surface area contributed by atoms with E-state index in [0.29, 0.717) is 12.8 Å². The van der Waals surface area contributed by atoms with E-state index in [1.807, 2.05) is 0 Å². The van der Waals surface area contributed by atoms with Gasteiger partial charge < -0.3 is 10.1 Å². The van der Waals surface area contributed by atoms with Crippen molar-refractivity contribution in [1.29, 1.82) is 0 Å². The molecule has 1 aliphatic carbocycles. The van der Waals surface area contributed by atoms with Crippen LogP contribution in [0.4, 0.5) is 8.78 Å². The number of carbonyl (C=O) groups is 2. The number of esters is 1. The van der Waals surface area contributed by atoms with Gasteiger partial charge in [0.15, 0.2) is 6.10 Å². The first kappa shape index (κ1) is 20.0. The molecule has 1 atom stereocenters. The van der Waals surface area contributed by atoms with Crippen LogP contribution in [0.2, 0.25) is 0 Å². The molecule has 28 heavy (non-hydrogen) atoms. The Bertz CT molecular complexity index is 828. The third-order valence-corrected chi connectivity index (χ3v) is 5.28. The lowest BCUT2D eigenvalue weighted by Gasteiger charge is -2.28. The summed E-state index contributed by atoms with van der Waals surface area (Å²) in [6.45, 7) is 1.73. The minimum Gasteiger partial charge on any atom is -0.452 e. The fourth-order valence-electron chi connectivity index (χ4n) is 3.62. The van der Waals surface area contributed by atoms with Gasteiger partial charge in [0.25, 0.3) is 5.91 Å². The number of benzene rings is 2. The molecule has 0 heterocycles. The summed E-state index contributed by atoms with van der Waals surface area (Å²) in [4.78, 5) is 25.2. The van der Waals surface area contributed by atoms with E-state index in [9.17, 15) is 18.4 Å². The zero-order valence-corrected chi connectivity index (χ0v) is 15.7. The molecule has 0 bridgehead atoms. The number of rotatable bonds is 6. The first-order valence-corrected chi connectivity index (χ1v) is 9.40. The van der Waals surface area contributed by atoms with Gasteiger partial charge in [0.05, 0.1) is 5.41 Å². The highest BCUT2D eigenvalue weighted by Crippen LogP contribution is 2.42. The van der Waals surface area contributed by atoms with Crippen LogP contribution >= 0.6 is 0 Å². The average molecular weight is 387 g/mol. The number of carbonyl (C=O) groups excluding carboxylic acids is 2. The van der Waals surface area contributed by atoms with Crippen molar-refractivity contribution >= 4 is 11.9 Å². The third-order valence-electron chi connectivity index (χ3n) is 5.28. The van der Waals surface area contributed by atoms with E-state index >= 15 is 0 Å². The number of hydrogen-bond acceptors (Lipinski definition) is 3. The predicted octanol–water partition coefficient (Wildman–Crippen LogP) is 4.02. The van der Waals surface area contributed by atoms with Crippen LogP contribution in [0.25, 0.3) is 0 Å². The maximum atomic E-state index is 13.3. The highest BCUT2D eigenvalue weighted by Gasteiger charge is 2.45. The summed E-state index contributed by atoms with van der Waals surface area (Å²) in [5.74, 6) is -1.59. The molecule has 0 saturated heterocycles. The zero-order chi connectivity index (χ0) is 20.1. The molecule has 6 heteroatoms. The summed E-state index contributed by atoms with van der Waals surface area (Å²) in [6, 6.07) is 11.7. The molecule has 0 unspecified atom stereocenters. The first-order chi connectivity index (χ1) is 13.4. The molecule has 1 fully saturated rings. The maximum absolute atomic E-state index is 13.3. The first-order valence-electron chi connectivity index (χ1n) is 9.40. The van der Waals surface area contributed by atoms with Crippen molar-refractivity contribution in [3.63, 3.8) is 0 Å². The summed E-state index contributed by atoms with van der Waals surface area (Å²) in [6.07, 6.45) is 2.00. The Labute approximate surface area is 162 Å². The summed E-state index contributed by atoms with van der Waals surface area (Å²) in [7, 11) is 0. The summed E-state index contributed by atoms with van der Waals surface area (Å²) in [5, 5.41) is 2.69. The van der Waals surface area contributed by atoms with Crippen LogP contribution in [0, 0.1) is 11.6 Å². The number of ether oxygens (including phenoxy) is 1. The molecule has 1 N–H and O–H groups in total.